The van der Waals surface area contributed by atoms with E-state index in [0.29, 0.717) is 36.4 Å². The summed E-state index contributed by atoms with van der Waals surface area (Å²) < 4.78 is 24.5. The lowest BCUT2D eigenvalue weighted by atomic mass is 9.87. The van der Waals surface area contributed by atoms with Crippen molar-refractivity contribution in [1.29, 1.82) is 0 Å². The number of benzene rings is 2. The number of ether oxygens (including phenoxy) is 2. The van der Waals surface area contributed by atoms with Crippen LogP contribution in [0.25, 0.3) is 0 Å². The third kappa shape index (κ3) is 4.95. The average Bonchev–Trinajstić information content (AvgIpc) is 2.77. The third-order valence-corrected chi connectivity index (χ3v) is 5.62. The molecule has 32 heavy (non-hydrogen) atoms. The average molecular weight is 445 g/mol. The number of methoxy groups -OCH3 is 2. The molecule has 1 heterocycles. The van der Waals surface area contributed by atoms with Crippen LogP contribution in [0, 0.1) is 11.7 Å². The standard InChI is InChI=1S/C24H29FN2O5/c1-14(2)11-19(23(28)29)26-24(30)27-10-9-16-12-20(31-3)21(32-4)13-18(16)22(27)15-5-7-17(25)8-6-15/h5-8,12-14,19,22H,9-11H2,1-4H3,(H,26,30)(H,28,29)/t19-,22?/m1/s1. The Hall–Kier alpha value is -3.29. The number of nitrogens with one attached hydrogen (secondary N) is 1. The van der Waals surface area contributed by atoms with E-state index in [4.69, 9.17) is 9.47 Å². The van der Waals surface area contributed by atoms with E-state index in [1.165, 1.54) is 19.2 Å². The van der Waals surface area contributed by atoms with Crippen LogP contribution in [0.1, 0.15) is 43.0 Å². The molecular formula is C24H29FN2O5. The van der Waals surface area contributed by atoms with Crippen LogP contribution in [0.4, 0.5) is 9.18 Å². The fourth-order valence-corrected chi connectivity index (χ4v) is 4.09. The van der Waals surface area contributed by atoms with E-state index in [0.717, 1.165) is 11.1 Å². The second kappa shape index (κ2) is 9.89. The number of fused-ring (bicyclic) bond motifs is 1. The van der Waals surface area contributed by atoms with Crippen LogP contribution in [-0.4, -0.2) is 48.8 Å². The normalized spacial score (nSPS) is 16.3. The summed E-state index contributed by atoms with van der Waals surface area (Å²) in [5.74, 6) is -0.248. The Morgan fingerprint density at radius 1 is 1.16 bits per heavy atom. The van der Waals surface area contributed by atoms with Gasteiger partial charge in [-0.1, -0.05) is 26.0 Å². The zero-order valence-electron chi connectivity index (χ0n) is 18.7. The summed E-state index contributed by atoms with van der Waals surface area (Å²) in [5.41, 5.74) is 2.52. The Kier molecular flexibility index (Phi) is 7.22. The van der Waals surface area contributed by atoms with Gasteiger partial charge in [0, 0.05) is 6.54 Å². The van der Waals surface area contributed by atoms with Crippen molar-refractivity contribution in [2.24, 2.45) is 5.92 Å². The van der Waals surface area contributed by atoms with Crippen molar-refractivity contribution in [2.75, 3.05) is 20.8 Å². The summed E-state index contributed by atoms with van der Waals surface area (Å²) in [7, 11) is 3.10. The molecule has 2 N–H and O–H groups in total. The van der Waals surface area contributed by atoms with Crippen molar-refractivity contribution < 1.29 is 28.6 Å². The predicted octanol–water partition coefficient (Wildman–Crippen LogP) is 4.00. The molecule has 0 saturated carbocycles. The summed E-state index contributed by atoms with van der Waals surface area (Å²) in [6.07, 6.45) is 0.875. The molecule has 172 valence electrons. The topological polar surface area (TPSA) is 88.1 Å². The van der Waals surface area contributed by atoms with E-state index in [1.54, 1.807) is 24.1 Å². The van der Waals surface area contributed by atoms with E-state index in [9.17, 15) is 19.1 Å². The molecule has 1 unspecified atom stereocenters. The van der Waals surface area contributed by atoms with Gasteiger partial charge in [-0.3, -0.25) is 0 Å². The second-order valence-corrected chi connectivity index (χ2v) is 8.27. The number of amides is 2. The van der Waals surface area contributed by atoms with Gasteiger partial charge in [0.2, 0.25) is 0 Å². The highest BCUT2D eigenvalue weighted by Gasteiger charge is 2.35. The number of aliphatic carboxylic acids is 1. The summed E-state index contributed by atoms with van der Waals surface area (Å²) in [6.45, 7) is 4.17. The van der Waals surface area contributed by atoms with Gasteiger partial charge in [-0.2, -0.15) is 0 Å². The van der Waals surface area contributed by atoms with E-state index in [-0.39, 0.29) is 11.7 Å². The molecule has 1 aliphatic rings. The maximum Gasteiger partial charge on any atom is 0.326 e. The van der Waals surface area contributed by atoms with Gasteiger partial charge >= 0.3 is 12.0 Å². The van der Waals surface area contributed by atoms with Crippen LogP contribution in [0.5, 0.6) is 11.5 Å². The van der Waals surface area contributed by atoms with E-state index >= 15 is 0 Å². The number of hydrogen-bond donors (Lipinski definition) is 2. The maximum atomic E-state index is 13.6. The summed E-state index contributed by atoms with van der Waals surface area (Å²) in [6, 6.07) is 7.66. The van der Waals surface area contributed by atoms with Gasteiger partial charge in [0.1, 0.15) is 11.9 Å². The highest BCUT2D eigenvalue weighted by Crippen LogP contribution is 2.41. The molecule has 0 bridgehead atoms. The number of carbonyl (C=O) groups excluding carboxylic acids is 1. The molecule has 0 fully saturated rings. The number of rotatable bonds is 7. The fraction of sp³-hybridized carbons (Fsp3) is 0.417. The predicted molar refractivity (Wildman–Crippen MR) is 118 cm³/mol. The zero-order chi connectivity index (χ0) is 23.4. The highest BCUT2D eigenvalue weighted by atomic mass is 19.1. The first-order valence-electron chi connectivity index (χ1n) is 10.5. The van der Waals surface area contributed by atoms with Crippen LogP contribution in [0.3, 0.4) is 0 Å². The van der Waals surface area contributed by atoms with Crippen molar-refractivity contribution >= 4 is 12.0 Å². The largest absolute Gasteiger partial charge is 0.493 e. The molecule has 0 spiro atoms. The maximum absolute atomic E-state index is 13.6. The van der Waals surface area contributed by atoms with Gasteiger partial charge in [-0.25, -0.2) is 14.0 Å². The van der Waals surface area contributed by atoms with Crippen LogP contribution < -0.4 is 14.8 Å². The van der Waals surface area contributed by atoms with E-state index in [2.05, 4.69) is 5.32 Å². The van der Waals surface area contributed by atoms with E-state index < -0.39 is 24.1 Å². The zero-order valence-corrected chi connectivity index (χ0v) is 18.7. The number of urea groups is 1. The summed E-state index contributed by atoms with van der Waals surface area (Å²) in [4.78, 5) is 26.5. The molecule has 3 rings (SSSR count). The molecule has 7 nitrogen and oxygen atoms in total. The number of carboxylic acid groups (broad SMARTS) is 1. The van der Waals surface area contributed by atoms with Gasteiger partial charge in [-0.05, 0) is 59.7 Å². The minimum Gasteiger partial charge on any atom is -0.493 e. The molecule has 1 aliphatic heterocycles. The monoisotopic (exact) mass is 444 g/mol. The number of nitrogens with zero attached hydrogens (tertiary/aromatic N) is 1. The lowest BCUT2D eigenvalue weighted by Gasteiger charge is -2.38. The Morgan fingerprint density at radius 2 is 1.78 bits per heavy atom. The molecular weight excluding hydrogens is 415 g/mol. The lowest BCUT2D eigenvalue weighted by molar-refractivity contribution is -0.139. The smallest absolute Gasteiger partial charge is 0.326 e. The van der Waals surface area contributed by atoms with E-state index in [1.807, 2.05) is 26.0 Å². The fourth-order valence-electron chi connectivity index (χ4n) is 4.09. The van der Waals surface area contributed by atoms with Crippen LogP contribution >= 0.6 is 0 Å². The number of carboxylic acids is 1. The molecule has 8 heteroatoms. The van der Waals surface area contributed by atoms with Crippen LogP contribution in [-0.2, 0) is 11.2 Å². The van der Waals surface area contributed by atoms with Crippen molar-refractivity contribution in [3.05, 3.63) is 58.9 Å². The molecule has 2 amide bonds. The SMILES string of the molecule is COc1cc2c(cc1OC)C(c1ccc(F)cc1)N(C(=O)N[C@H](CC(C)C)C(=O)O)CC2. The number of hydrogen-bond acceptors (Lipinski definition) is 4. The first-order valence-corrected chi connectivity index (χ1v) is 10.5. The summed E-state index contributed by atoms with van der Waals surface area (Å²) >= 11 is 0. The molecule has 0 aromatic heterocycles. The molecule has 0 radical (unpaired) electrons. The Labute approximate surface area is 187 Å². The highest BCUT2D eigenvalue weighted by molar-refractivity contribution is 5.83. The number of halogens is 1. The van der Waals surface area contributed by atoms with Crippen molar-refractivity contribution in [3.8, 4) is 11.5 Å². The first-order chi connectivity index (χ1) is 15.2. The third-order valence-electron chi connectivity index (χ3n) is 5.62. The second-order valence-electron chi connectivity index (χ2n) is 8.27. The molecule has 2 aromatic rings. The van der Waals surface area contributed by atoms with Crippen molar-refractivity contribution in [3.63, 3.8) is 0 Å². The quantitative estimate of drug-likeness (QED) is 0.674. The lowest BCUT2D eigenvalue weighted by Crippen LogP contribution is -2.51. The van der Waals surface area contributed by atoms with Gasteiger partial charge in [0.25, 0.3) is 0 Å². The summed E-state index contributed by atoms with van der Waals surface area (Å²) in [5, 5.41) is 12.2. The first kappa shape index (κ1) is 23.4. The minimum absolute atomic E-state index is 0.100. The molecule has 0 saturated heterocycles. The van der Waals surface area contributed by atoms with Crippen molar-refractivity contribution in [2.45, 2.75) is 38.8 Å². The number of carbonyl (C=O) groups is 2. The van der Waals surface area contributed by atoms with Crippen LogP contribution in [0.2, 0.25) is 0 Å². The van der Waals surface area contributed by atoms with Gasteiger partial charge in [0.05, 0.1) is 20.3 Å². The molecule has 2 aromatic carbocycles. The van der Waals surface area contributed by atoms with Gasteiger partial charge < -0.3 is 24.8 Å². The van der Waals surface area contributed by atoms with Gasteiger partial charge in [-0.15, -0.1) is 0 Å². The Morgan fingerprint density at radius 3 is 2.34 bits per heavy atom. The Balaban J connectivity index is 2.03. The Bertz CT molecular complexity index is 977. The molecule has 2 atom stereocenters. The van der Waals surface area contributed by atoms with Crippen molar-refractivity contribution in [1.82, 2.24) is 10.2 Å². The molecule has 0 aliphatic carbocycles. The van der Waals surface area contributed by atoms with Gasteiger partial charge in [0.15, 0.2) is 11.5 Å². The van der Waals surface area contributed by atoms with Crippen LogP contribution in [0.15, 0.2) is 36.4 Å². The minimum atomic E-state index is -1.07.